The van der Waals surface area contributed by atoms with E-state index in [0.29, 0.717) is 17.9 Å². The molecule has 0 bridgehead atoms. The van der Waals surface area contributed by atoms with Gasteiger partial charge in [-0.25, -0.2) is 4.98 Å². The maximum atomic E-state index is 9.25. The van der Waals surface area contributed by atoms with Gasteiger partial charge in [-0.1, -0.05) is 6.07 Å². The van der Waals surface area contributed by atoms with Crippen molar-refractivity contribution in [1.82, 2.24) is 4.98 Å². The number of benzene rings is 1. The van der Waals surface area contributed by atoms with Gasteiger partial charge in [0.1, 0.15) is 11.9 Å². The van der Waals surface area contributed by atoms with Crippen LogP contribution in [-0.4, -0.2) is 18.3 Å². The molecule has 1 aliphatic rings. The van der Waals surface area contributed by atoms with Crippen LogP contribution in [0.2, 0.25) is 0 Å². The number of hydrogen-bond donors (Lipinski definition) is 1. The summed E-state index contributed by atoms with van der Waals surface area (Å²) in [5.74, 6) is 2.24. The highest BCUT2D eigenvalue weighted by Gasteiger charge is 2.13. The zero-order chi connectivity index (χ0) is 15.5. The maximum Gasteiger partial charge on any atom is 0.231 e. The number of nitriles is 1. The average molecular weight is 295 g/mol. The second-order valence-electron chi connectivity index (χ2n) is 5.28. The van der Waals surface area contributed by atoms with Crippen molar-refractivity contribution in [2.75, 3.05) is 18.7 Å². The minimum absolute atomic E-state index is 0.287. The molecule has 1 aromatic heterocycles. The van der Waals surface area contributed by atoms with Crippen molar-refractivity contribution >= 4 is 5.82 Å². The molecule has 0 radical (unpaired) electrons. The lowest BCUT2D eigenvalue weighted by molar-refractivity contribution is 0.174. The monoisotopic (exact) mass is 295 g/mol. The number of hydrogen-bond acceptors (Lipinski definition) is 5. The van der Waals surface area contributed by atoms with Gasteiger partial charge in [0.05, 0.1) is 5.56 Å². The maximum absolute atomic E-state index is 9.25. The molecular formula is C17H17N3O2. The number of nitrogens with one attached hydrogen (secondary N) is 1. The molecule has 0 aliphatic carbocycles. The number of nitrogens with zero attached hydrogens (tertiary/aromatic N) is 2. The molecule has 5 nitrogen and oxygen atoms in total. The van der Waals surface area contributed by atoms with Crippen molar-refractivity contribution in [2.24, 2.45) is 0 Å². The second-order valence-corrected chi connectivity index (χ2v) is 5.28. The van der Waals surface area contributed by atoms with Crippen LogP contribution < -0.4 is 14.8 Å². The van der Waals surface area contributed by atoms with E-state index in [2.05, 4.69) is 16.4 Å². The summed E-state index contributed by atoms with van der Waals surface area (Å²) < 4.78 is 10.7. The van der Waals surface area contributed by atoms with Gasteiger partial charge in [-0.05, 0) is 49.6 Å². The van der Waals surface area contributed by atoms with E-state index >= 15 is 0 Å². The Bertz CT molecular complexity index is 750. The van der Waals surface area contributed by atoms with Crippen LogP contribution in [0.5, 0.6) is 11.5 Å². The molecule has 0 amide bonds. The summed E-state index contributed by atoms with van der Waals surface area (Å²) >= 11 is 0. The van der Waals surface area contributed by atoms with Gasteiger partial charge in [0.2, 0.25) is 6.79 Å². The van der Waals surface area contributed by atoms with Gasteiger partial charge in [-0.2, -0.15) is 5.26 Å². The number of aromatic nitrogens is 1. The van der Waals surface area contributed by atoms with E-state index in [1.54, 1.807) is 0 Å². The molecular weight excluding hydrogens is 278 g/mol. The summed E-state index contributed by atoms with van der Waals surface area (Å²) in [6.07, 6.45) is 0.816. The van der Waals surface area contributed by atoms with Gasteiger partial charge in [0, 0.05) is 12.2 Å². The van der Waals surface area contributed by atoms with E-state index in [4.69, 9.17) is 9.47 Å². The van der Waals surface area contributed by atoms with Crippen LogP contribution in [0.1, 0.15) is 22.4 Å². The summed E-state index contributed by atoms with van der Waals surface area (Å²) in [7, 11) is 0. The van der Waals surface area contributed by atoms with Gasteiger partial charge in [-0.3, -0.25) is 0 Å². The Morgan fingerprint density at radius 3 is 2.86 bits per heavy atom. The minimum atomic E-state index is 0.287. The quantitative estimate of drug-likeness (QED) is 0.939. The molecule has 2 heterocycles. The third kappa shape index (κ3) is 2.82. The summed E-state index contributed by atoms with van der Waals surface area (Å²) in [5.41, 5.74) is 3.61. The predicted molar refractivity (Wildman–Crippen MR) is 83.2 cm³/mol. The van der Waals surface area contributed by atoms with Crippen LogP contribution in [0.15, 0.2) is 24.3 Å². The smallest absolute Gasteiger partial charge is 0.231 e. The molecule has 0 fully saturated rings. The number of rotatable bonds is 4. The first kappa shape index (κ1) is 14.2. The van der Waals surface area contributed by atoms with Crippen molar-refractivity contribution < 1.29 is 9.47 Å². The fourth-order valence-electron chi connectivity index (χ4n) is 2.53. The Kier molecular flexibility index (Phi) is 3.84. The van der Waals surface area contributed by atoms with Crippen LogP contribution >= 0.6 is 0 Å². The number of aryl methyl sites for hydroxylation is 2. The molecule has 0 saturated carbocycles. The molecule has 1 aromatic carbocycles. The summed E-state index contributed by atoms with van der Waals surface area (Å²) in [5, 5.41) is 12.5. The predicted octanol–water partition coefficient (Wildman–Crippen LogP) is 2.95. The molecule has 0 unspecified atom stereocenters. The zero-order valence-electron chi connectivity index (χ0n) is 12.6. The first-order valence-electron chi connectivity index (χ1n) is 7.18. The number of anilines is 1. The zero-order valence-corrected chi connectivity index (χ0v) is 12.6. The third-order valence-electron chi connectivity index (χ3n) is 3.60. The van der Waals surface area contributed by atoms with Crippen molar-refractivity contribution in [3.63, 3.8) is 0 Å². The number of pyridine rings is 1. The van der Waals surface area contributed by atoms with Crippen LogP contribution in [-0.2, 0) is 6.42 Å². The second kappa shape index (κ2) is 5.94. The first-order chi connectivity index (χ1) is 10.7. The van der Waals surface area contributed by atoms with E-state index < -0.39 is 0 Å². The lowest BCUT2D eigenvalue weighted by Gasteiger charge is -2.10. The Morgan fingerprint density at radius 2 is 2.05 bits per heavy atom. The van der Waals surface area contributed by atoms with E-state index in [1.165, 1.54) is 0 Å². The van der Waals surface area contributed by atoms with Gasteiger partial charge < -0.3 is 14.8 Å². The number of ether oxygens (including phenoxy) is 2. The lowest BCUT2D eigenvalue weighted by atomic mass is 10.1. The molecule has 2 aromatic rings. The summed E-state index contributed by atoms with van der Waals surface area (Å²) in [6.45, 7) is 4.84. The van der Waals surface area contributed by atoms with Crippen molar-refractivity contribution in [3.8, 4) is 17.6 Å². The fourth-order valence-corrected chi connectivity index (χ4v) is 2.53. The Balaban J connectivity index is 1.68. The molecule has 3 rings (SSSR count). The molecule has 5 heteroatoms. The van der Waals surface area contributed by atoms with E-state index in [-0.39, 0.29) is 6.79 Å². The highest BCUT2D eigenvalue weighted by molar-refractivity contribution is 5.56. The van der Waals surface area contributed by atoms with Crippen LogP contribution in [0.25, 0.3) is 0 Å². The SMILES string of the molecule is Cc1cc(C)c(C#N)c(NCCc2ccc3c(c2)OCO3)n1. The van der Waals surface area contributed by atoms with E-state index in [1.807, 2.05) is 38.1 Å². The highest BCUT2D eigenvalue weighted by Crippen LogP contribution is 2.32. The summed E-state index contributed by atoms with van der Waals surface area (Å²) in [6, 6.07) is 10.1. The Labute approximate surface area is 129 Å². The lowest BCUT2D eigenvalue weighted by Crippen LogP contribution is -2.09. The standard InChI is InChI=1S/C17H17N3O2/c1-11-7-12(2)20-17(14(11)9-18)19-6-5-13-3-4-15-16(8-13)22-10-21-15/h3-4,7-8H,5-6,10H2,1-2H3,(H,19,20). The van der Waals surface area contributed by atoms with Crippen LogP contribution in [0.3, 0.4) is 0 Å². The van der Waals surface area contributed by atoms with Gasteiger partial charge >= 0.3 is 0 Å². The van der Waals surface area contributed by atoms with Crippen LogP contribution in [0.4, 0.5) is 5.82 Å². The third-order valence-corrected chi connectivity index (χ3v) is 3.60. The minimum Gasteiger partial charge on any atom is -0.454 e. The van der Waals surface area contributed by atoms with Gasteiger partial charge in [-0.15, -0.1) is 0 Å². The van der Waals surface area contributed by atoms with E-state index in [9.17, 15) is 5.26 Å². The molecule has 0 saturated heterocycles. The Hall–Kier alpha value is -2.74. The summed E-state index contributed by atoms with van der Waals surface area (Å²) in [4.78, 5) is 4.42. The fraction of sp³-hybridized carbons (Fsp3) is 0.294. The van der Waals surface area contributed by atoms with Crippen molar-refractivity contribution in [2.45, 2.75) is 20.3 Å². The van der Waals surface area contributed by atoms with Crippen LogP contribution in [0, 0.1) is 25.2 Å². The molecule has 1 aliphatic heterocycles. The normalized spacial score (nSPS) is 12.0. The van der Waals surface area contributed by atoms with E-state index in [0.717, 1.165) is 34.7 Å². The molecule has 1 N–H and O–H groups in total. The Morgan fingerprint density at radius 1 is 1.23 bits per heavy atom. The van der Waals surface area contributed by atoms with Gasteiger partial charge in [0.15, 0.2) is 11.5 Å². The topological polar surface area (TPSA) is 67.2 Å². The van der Waals surface area contributed by atoms with Gasteiger partial charge in [0.25, 0.3) is 0 Å². The number of fused-ring (bicyclic) bond motifs is 1. The molecule has 0 spiro atoms. The van der Waals surface area contributed by atoms with Crippen molar-refractivity contribution in [3.05, 3.63) is 46.6 Å². The first-order valence-corrected chi connectivity index (χ1v) is 7.18. The molecule has 0 atom stereocenters. The average Bonchev–Trinajstić information content (AvgIpc) is 2.94. The molecule has 112 valence electrons. The molecule has 22 heavy (non-hydrogen) atoms. The highest BCUT2D eigenvalue weighted by atomic mass is 16.7. The van der Waals surface area contributed by atoms with Crippen molar-refractivity contribution in [1.29, 1.82) is 5.26 Å². The largest absolute Gasteiger partial charge is 0.454 e.